The fourth-order valence-electron chi connectivity index (χ4n) is 1.04. The molecule has 1 atom stereocenters. The number of rotatable bonds is 4. The van der Waals surface area contributed by atoms with Gasteiger partial charge in [0.25, 0.3) is 0 Å². The highest BCUT2D eigenvalue weighted by molar-refractivity contribution is 5.15. The van der Waals surface area contributed by atoms with Gasteiger partial charge in [-0.1, -0.05) is 30.3 Å². The predicted molar refractivity (Wildman–Crippen MR) is 45.3 cm³/mol. The molecule has 3 heteroatoms. The lowest BCUT2D eigenvalue weighted by atomic mass is 10.1. The highest BCUT2D eigenvalue weighted by atomic mass is 19.2. The van der Waals surface area contributed by atoms with Gasteiger partial charge < -0.3 is 5.11 Å². The lowest BCUT2D eigenvalue weighted by Gasteiger charge is -2.09. The van der Waals surface area contributed by atoms with Gasteiger partial charge in [-0.25, -0.2) is 0 Å². The third kappa shape index (κ3) is 2.60. The average molecular weight is 169 g/mol. The molecule has 0 amide bonds. The van der Waals surface area contributed by atoms with Crippen LogP contribution in [0, 0.1) is 0 Å². The number of nitrogens with one attached hydrogen (secondary N) is 1. The summed E-state index contributed by atoms with van der Waals surface area (Å²) in [6.07, 6.45) is 0.508. The summed E-state index contributed by atoms with van der Waals surface area (Å²) in [6, 6.07) is 9.00. The minimum absolute atomic E-state index is 0.189. The summed E-state index contributed by atoms with van der Waals surface area (Å²) in [6.45, 7) is -0.189. The van der Waals surface area contributed by atoms with Gasteiger partial charge in [0.2, 0.25) is 0 Å². The molecule has 0 aromatic heterocycles. The summed E-state index contributed by atoms with van der Waals surface area (Å²) in [5, 5.41) is 8.68. The van der Waals surface area contributed by atoms with Crippen LogP contribution in [-0.2, 0) is 6.42 Å². The van der Waals surface area contributed by atoms with Crippen LogP contribution in [0.2, 0.25) is 0 Å². The summed E-state index contributed by atoms with van der Waals surface area (Å²) in [5.74, 6) is 0. The number of aliphatic hydroxyl groups excluding tert-OH is 1. The summed E-state index contributed by atoms with van der Waals surface area (Å²) in [7, 11) is 0. The van der Waals surface area contributed by atoms with Crippen molar-refractivity contribution < 1.29 is 9.59 Å². The second kappa shape index (κ2) is 4.85. The highest BCUT2D eigenvalue weighted by Gasteiger charge is 2.06. The topological polar surface area (TPSA) is 32.3 Å². The van der Waals surface area contributed by atoms with E-state index in [0.717, 1.165) is 5.56 Å². The Hall–Kier alpha value is -0.930. The zero-order valence-corrected chi connectivity index (χ0v) is 6.70. The summed E-state index contributed by atoms with van der Waals surface area (Å²) in [5.41, 5.74) is 2.57. The third-order valence-corrected chi connectivity index (χ3v) is 1.70. The predicted octanol–water partition coefficient (Wildman–Crippen LogP) is 1.06. The summed E-state index contributed by atoms with van der Waals surface area (Å²) < 4.78 is 11.9. The fraction of sp³-hybridized carbons (Fsp3) is 0.333. The van der Waals surface area contributed by atoms with Crippen LogP contribution < -0.4 is 5.54 Å². The molecule has 1 unspecified atom stereocenters. The van der Waals surface area contributed by atoms with Crippen LogP contribution in [0.4, 0.5) is 4.48 Å². The molecule has 0 heterocycles. The van der Waals surface area contributed by atoms with Gasteiger partial charge in [-0.3, -0.25) is 0 Å². The number of aliphatic hydroxyl groups is 1. The molecular formula is C9H12FNO. The fourth-order valence-corrected chi connectivity index (χ4v) is 1.04. The first kappa shape index (κ1) is 9.16. The first-order chi connectivity index (χ1) is 5.86. The molecule has 66 valence electrons. The maximum atomic E-state index is 11.9. The van der Waals surface area contributed by atoms with Crippen molar-refractivity contribution in [1.82, 2.24) is 5.54 Å². The lowest BCUT2D eigenvalue weighted by Crippen LogP contribution is -2.28. The molecule has 1 rings (SSSR count). The van der Waals surface area contributed by atoms with Crippen molar-refractivity contribution in [1.29, 1.82) is 0 Å². The third-order valence-electron chi connectivity index (χ3n) is 1.70. The molecule has 0 saturated heterocycles. The molecule has 1 aromatic carbocycles. The van der Waals surface area contributed by atoms with Crippen molar-refractivity contribution in [2.45, 2.75) is 12.5 Å². The lowest BCUT2D eigenvalue weighted by molar-refractivity contribution is 0.176. The summed E-state index contributed by atoms with van der Waals surface area (Å²) in [4.78, 5) is 0. The molecule has 0 radical (unpaired) electrons. The van der Waals surface area contributed by atoms with Gasteiger partial charge in [0, 0.05) is 0 Å². The first-order valence-electron chi connectivity index (χ1n) is 3.87. The van der Waals surface area contributed by atoms with Crippen LogP contribution in [0.15, 0.2) is 30.3 Å². The van der Waals surface area contributed by atoms with E-state index in [9.17, 15) is 4.48 Å². The summed E-state index contributed by atoms with van der Waals surface area (Å²) >= 11 is 0. The Morgan fingerprint density at radius 3 is 2.50 bits per heavy atom. The Balaban J connectivity index is 2.51. The minimum atomic E-state index is -0.493. The van der Waals surface area contributed by atoms with Gasteiger partial charge in [-0.2, -0.15) is 5.54 Å². The second-order valence-corrected chi connectivity index (χ2v) is 2.68. The highest BCUT2D eigenvalue weighted by Crippen LogP contribution is 2.02. The molecule has 0 aliphatic carbocycles. The Labute approximate surface area is 71.0 Å². The van der Waals surface area contributed by atoms with Gasteiger partial charge in [0.1, 0.15) is 0 Å². The number of benzene rings is 1. The second-order valence-electron chi connectivity index (χ2n) is 2.68. The van der Waals surface area contributed by atoms with Crippen molar-refractivity contribution in [2.75, 3.05) is 6.61 Å². The molecule has 12 heavy (non-hydrogen) atoms. The average Bonchev–Trinajstić information content (AvgIpc) is 2.16. The maximum Gasteiger partial charge on any atom is 0.0643 e. The standard InChI is InChI=1S/C9H12FNO/c10-11-9(7-12)6-8-4-2-1-3-5-8/h1-5,9,11-12H,6-7H2. The van der Waals surface area contributed by atoms with E-state index in [-0.39, 0.29) is 6.61 Å². The Morgan fingerprint density at radius 2 is 2.00 bits per heavy atom. The molecule has 0 fully saturated rings. The number of halogens is 1. The van der Waals surface area contributed by atoms with Crippen LogP contribution in [0.3, 0.4) is 0 Å². The van der Waals surface area contributed by atoms with Gasteiger partial charge >= 0.3 is 0 Å². The smallest absolute Gasteiger partial charge is 0.0643 e. The van der Waals surface area contributed by atoms with Crippen molar-refractivity contribution in [2.24, 2.45) is 0 Å². The van der Waals surface area contributed by atoms with E-state index >= 15 is 0 Å². The molecule has 2 N–H and O–H groups in total. The van der Waals surface area contributed by atoms with Crippen LogP contribution in [0.25, 0.3) is 0 Å². The quantitative estimate of drug-likeness (QED) is 0.661. The molecule has 0 aliphatic rings. The van der Waals surface area contributed by atoms with Crippen LogP contribution >= 0.6 is 0 Å². The van der Waals surface area contributed by atoms with Gasteiger partial charge in [0.15, 0.2) is 0 Å². The molecule has 2 nitrogen and oxygen atoms in total. The molecule has 0 saturated carbocycles. The van der Waals surface area contributed by atoms with Crippen molar-refractivity contribution in [3.8, 4) is 0 Å². The van der Waals surface area contributed by atoms with E-state index in [4.69, 9.17) is 5.11 Å². The van der Waals surface area contributed by atoms with Gasteiger partial charge in [-0.05, 0) is 12.0 Å². The monoisotopic (exact) mass is 169 g/mol. The maximum absolute atomic E-state index is 11.9. The van der Waals surface area contributed by atoms with E-state index < -0.39 is 6.04 Å². The van der Waals surface area contributed by atoms with Crippen molar-refractivity contribution in [3.05, 3.63) is 35.9 Å². The Bertz CT molecular complexity index is 211. The number of hydrogen-bond acceptors (Lipinski definition) is 2. The minimum Gasteiger partial charge on any atom is -0.395 e. The molecule has 1 aromatic rings. The molecule has 0 bridgehead atoms. The van der Waals surface area contributed by atoms with Crippen LogP contribution in [0.5, 0.6) is 0 Å². The van der Waals surface area contributed by atoms with E-state index in [0.29, 0.717) is 6.42 Å². The van der Waals surface area contributed by atoms with Crippen LogP contribution in [-0.4, -0.2) is 17.8 Å². The van der Waals surface area contributed by atoms with Crippen LogP contribution in [0.1, 0.15) is 5.56 Å². The SMILES string of the molecule is OCC(Cc1ccccc1)NF. The molecule has 0 aliphatic heterocycles. The van der Waals surface area contributed by atoms with E-state index in [2.05, 4.69) is 0 Å². The first-order valence-corrected chi connectivity index (χ1v) is 3.87. The van der Waals surface area contributed by atoms with E-state index in [1.165, 1.54) is 0 Å². The normalized spacial score (nSPS) is 12.8. The van der Waals surface area contributed by atoms with E-state index in [1.807, 2.05) is 30.3 Å². The van der Waals surface area contributed by atoms with Crippen molar-refractivity contribution in [3.63, 3.8) is 0 Å². The Morgan fingerprint density at radius 1 is 1.33 bits per heavy atom. The molecular weight excluding hydrogens is 157 g/mol. The Kier molecular flexibility index (Phi) is 3.70. The zero-order chi connectivity index (χ0) is 8.81. The molecule has 0 spiro atoms. The zero-order valence-electron chi connectivity index (χ0n) is 6.70. The van der Waals surface area contributed by atoms with Gasteiger partial charge in [-0.15, -0.1) is 4.48 Å². The van der Waals surface area contributed by atoms with Crippen molar-refractivity contribution >= 4 is 0 Å². The van der Waals surface area contributed by atoms with Gasteiger partial charge in [0.05, 0.1) is 12.6 Å². The largest absolute Gasteiger partial charge is 0.395 e. The van der Waals surface area contributed by atoms with E-state index in [1.54, 1.807) is 5.54 Å². The number of hydrogen-bond donors (Lipinski definition) is 2.